The van der Waals surface area contributed by atoms with E-state index in [0.29, 0.717) is 21.4 Å². The van der Waals surface area contributed by atoms with Crippen LogP contribution in [0.15, 0.2) is 12.1 Å². The number of nitrogens with zero attached hydrogens (tertiary/aromatic N) is 1. The SMILES string of the molecule is CCCCCN(C)C(C)C(=O)Nc1c(Cl)cc(N)cc1Cl. The lowest BCUT2D eigenvalue weighted by Gasteiger charge is -2.24. The Bertz CT molecular complexity index is 471. The molecule has 0 aliphatic rings. The first-order chi connectivity index (χ1) is 9.86. The van der Waals surface area contributed by atoms with Crippen molar-refractivity contribution in [1.82, 2.24) is 4.90 Å². The van der Waals surface area contributed by atoms with Gasteiger partial charge in [-0.1, -0.05) is 43.0 Å². The van der Waals surface area contributed by atoms with Crippen LogP contribution in [0, 0.1) is 0 Å². The number of likely N-dealkylation sites (N-methyl/N-ethyl adjacent to an activating group) is 1. The Labute approximate surface area is 136 Å². The lowest BCUT2D eigenvalue weighted by atomic mass is 10.2. The summed E-state index contributed by atoms with van der Waals surface area (Å²) in [5.74, 6) is -0.137. The van der Waals surface area contributed by atoms with Crippen LogP contribution in [0.3, 0.4) is 0 Å². The van der Waals surface area contributed by atoms with E-state index in [1.165, 1.54) is 0 Å². The summed E-state index contributed by atoms with van der Waals surface area (Å²) >= 11 is 12.1. The van der Waals surface area contributed by atoms with Gasteiger partial charge in [-0.15, -0.1) is 0 Å². The molecule has 0 radical (unpaired) electrons. The summed E-state index contributed by atoms with van der Waals surface area (Å²) in [5, 5.41) is 3.46. The number of nitrogens with two attached hydrogens (primary N) is 1. The number of carbonyl (C=O) groups excluding carboxylic acids is 1. The molecule has 0 aliphatic heterocycles. The van der Waals surface area contributed by atoms with Crippen molar-refractivity contribution in [2.24, 2.45) is 0 Å². The number of amides is 1. The molecule has 0 fully saturated rings. The molecule has 4 nitrogen and oxygen atoms in total. The molecule has 1 amide bonds. The third-order valence-corrected chi connectivity index (χ3v) is 4.06. The minimum absolute atomic E-state index is 0.137. The summed E-state index contributed by atoms with van der Waals surface area (Å²) in [5.41, 5.74) is 6.52. The van der Waals surface area contributed by atoms with Crippen molar-refractivity contribution in [3.05, 3.63) is 22.2 Å². The van der Waals surface area contributed by atoms with Gasteiger partial charge >= 0.3 is 0 Å². The van der Waals surface area contributed by atoms with Crippen molar-refractivity contribution < 1.29 is 4.79 Å². The Morgan fingerprint density at radius 1 is 1.33 bits per heavy atom. The maximum absolute atomic E-state index is 12.3. The van der Waals surface area contributed by atoms with Gasteiger partial charge in [0, 0.05) is 5.69 Å². The van der Waals surface area contributed by atoms with Crippen LogP contribution in [0.5, 0.6) is 0 Å². The van der Waals surface area contributed by atoms with Gasteiger partial charge in [0.2, 0.25) is 5.91 Å². The van der Waals surface area contributed by atoms with Crippen LogP contribution in [-0.2, 0) is 4.79 Å². The molecule has 3 N–H and O–H groups in total. The smallest absolute Gasteiger partial charge is 0.241 e. The van der Waals surface area contributed by atoms with Crippen molar-refractivity contribution in [2.75, 3.05) is 24.6 Å². The van der Waals surface area contributed by atoms with Crippen LogP contribution in [-0.4, -0.2) is 30.4 Å². The summed E-state index contributed by atoms with van der Waals surface area (Å²) < 4.78 is 0. The van der Waals surface area contributed by atoms with Crippen LogP contribution in [0.2, 0.25) is 10.0 Å². The number of nitrogens with one attached hydrogen (secondary N) is 1. The van der Waals surface area contributed by atoms with E-state index in [-0.39, 0.29) is 11.9 Å². The monoisotopic (exact) mass is 331 g/mol. The van der Waals surface area contributed by atoms with E-state index < -0.39 is 0 Å². The van der Waals surface area contributed by atoms with Crippen LogP contribution in [0.1, 0.15) is 33.1 Å². The second-order valence-corrected chi connectivity index (χ2v) is 6.03. The molecule has 0 aromatic heterocycles. The van der Waals surface area contributed by atoms with Crippen LogP contribution in [0.25, 0.3) is 0 Å². The first kappa shape index (κ1) is 18.1. The zero-order chi connectivity index (χ0) is 16.0. The highest BCUT2D eigenvalue weighted by atomic mass is 35.5. The molecule has 0 aliphatic carbocycles. The molecule has 0 saturated carbocycles. The fourth-order valence-corrected chi connectivity index (χ4v) is 2.54. The van der Waals surface area contributed by atoms with E-state index in [2.05, 4.69) is 12.2 Å². The number of hydrogen-bond donors (Lipinski definition) is 2. The van der Waals surface area contributed by atoms with Crippen LogP contribution < -0.4 is 11.1 Å². The van der Waals surface area contributed by atoms with Crippen molar-refractivity contribution >= 4 is 40.5 Å². The fourth-order valence-electron chi connectivity index (χ4n) is 1.94. The fraction of sp³-hybridized carbons (Fsp3) is 0.533. The van der Waals surface area contributed by atoms with E-state index in [9.17, 15) is 4.79 Å². The van der Waals surface area contributed by atoms with Gasteiger partial charge in [-0.3, -0.25) is 9.69 Å². The minimum atomic E-state index is -0.258. The third-order valence-electron chi connectivity index (χ3n) is 3.47. The van der Waals surface area contributed by atoms with E-state index >= 15 is 0 Å². The molecule has 1 rings (SSSR count). The maximum atomic E-state index is 12.3. The zero-order valence-electron chi connectivity index (χ0n) is 12.7. The van der Waals surface area contributed by atoms with Crippen LogP contribution >= 0.6 is 23.2 Å². The summed E-state index contributed by atoms with van der Waals surface area (Å²) in [6.07, 6.45) is 3.40. The number of anilines is 2. The van der Waals surface area contributed by atoms with Gasteiger partial charge in [-0.2, -0.15) is 0 Å². The summed E-state index contributed by atoms with van der Waals surface area (Å²) in [6, 6.07) is 2.88. The topological polar surface area (TPSA) is 58.4 Å². The molecule has 0 spiro atoms. The number of halogens is 2. The number of benzene rings is 1. The highest BCUT2D eigenvalue weighted by Gasteiger charge is 2.20. The van der Waals surface area contributed by atoms with E-state index in [1.807, 2.05) is 18.9 Å². The van der Waals surface area contributed by atoms with Gasteiger partial charge in [0.15, 0.2) is 0 Å². The molecule has 0 saturated heterocycles. The first-order valence-corrected chi connectivity index (χ1v) is 7.88. The zero-order valence-corrected chi connectivity index (χ0v) is 14.3. The molecule has 21 heavy (non-hydrogen) atoms. The normalized spacial score (nSPS) is 12.5. The molecule has 6 heteroatoms. The van der Waals surface area contributed by atoms with Gasteiger partial charge in [-0.05, 0) is 39.1 Å². The summed E-state index contributed by atoms with van der Waals surface area (Å²) in [6.45, 7) is 4.90. The Morgan fingerprint density at radius 2 is 1.90 bits per heavy atom. The highest BCUT2D eigenvalue weighted by Crippen LogP contribution is 2.32. The second-order valence-electron chi connectivity index (χ2n) is 5.21. The number of hydrogen-bond acceptors (Lipinski definition) is 3. The first-order valence-electron chi connectivity index (χ1n) is 7.12. The molecule has 1 unspecified atom stereocenters. The highest BCUT2D eigenvalue weighted by molar-refractivity contribution is 6.40. The quantitative estimate of drug-likeness (QED) is 0.585. The van der Waals surface area contributed by atoms with Crippen molar-refractivity contribution in [2.45, 2.75) is 39.2 Å². The summed E-state index contributed by atoms with van der Waals surface area (Å²) in [4.78, 5) is 14.3. The standard InChI is InChI=1S/C15H23Cl2N3O/c1-4-5-6-7-20(3)10(2)15(21)19-14-12(16)8-11(18)9-13(14)17/h8-10H,4-7,18H2,1-3H3,(H,19,21). The minimum Gasteiger partial charge on any atom is -0.399 e. The van der Waals surface area contributed by atoms with Crippen molar-refractivity contribution in [3.8, 4) is 0 Å². The van der Waals surface area contributed by atoms with Gasteiger partial charge in [0.05, 0.1) is 21.8 Å². The van der Waals surface area contributed by atoms with Gasteiger partial charge in [-0.25, -0.2) is 0 Å². The van der Waals surface area contributed by atoms with Gasteiger partial charge in [0.25, 0.3) is 0 Å². The van der Waals surface area contributed by atoms with Crippen LogP contribution in [0.4, 0.5) is 11.4 Å². The Hall–Kier alpha value is -0.970. The third kappa shape index (κ3) is 5.38. The van der Waals surface area contributed by atoms with E-state index in [1.54, 1.807) is 12.1 Å². The molecule has 1 aromatic carbocycles. The molecule has 0 bridgehead atoms. The predicted octanol–water partition coefficient (Wildman–Crippen LogP) is 4.02. The largest absolute Gasteiger partial charge is 0.399 e. The second kappa shape index (κ2) is 8.47. The molecular formula is C15H23Cl2N3O. The Morgan fingerprint density at radius 3 is 2.43 bits per heavy atom. The number of unbranched alkanes of at least 4 members (excludes halogenated alkanes) is 2. The van der Waals surface area contributed by atoms with Crippen molar-refractivity contribution in [3.63, 3.8) is 0 Å². The maximum Gasteiger partial charge on any atom is 0.241 e. The van der Waals surface area contributed by atoms with Gasteiger partial charge in [0.1, 0.15) is 0 Å². The molecule has 1 aromatic rings. The molecule has 1 atom stereocenters. The average molecular weight is 332 g/mol. The average Bonchev–Trinajstić information content (AvgIpc) is 2.41. The number of nitrogen functional groups attached to an aromatic ring is 1. The molecule has 0 heterocycles. The van der Waals surface area contributed by atoms with E-state index in [0.717, 1.165) is 25.8 Å². The van der Waals surface area contributed by atoms with Gasteiger partial charge < -0.3 is 11.1 Å². The Kier molecular flexibility index (Phi) is 7.29. The molecule has 118 valence electrons. The lowest BCUT2D eigenvalue weighted by molar-refractivity contribution is -0.120. The van der Waals surface area contributed by atoms with Crippen molar-refractivity contribution in [1.29, 1.82) is 0 Å². The number of carbonyl (C=O) groups is 1. The number of rotatable bonds is 7. The Balaban J connectivity index is 2.68. The summed E-state index contributed by atoms with van der Waals surface area (Å²) in [7, 11) is 1.94. The predicted molar refractivity (Wildman–Crippen MR) is 91.1 cm³/mol. The molecular weight excluding hydrogens is 309 g/mol. The lowest BCUT2D eigenvalue weighted by Crippen LogP contribution is -2.40. The van der Waals surface area contributed by atoms with E-state index in [4.69, 9.17) is 28.9 Å².